The van der Waals surface area contributed by atoms with Gasteiger partial charge in [-0.15, -0.1) is 0 Å². The topological polar surface area (TPSA) is 49.9 Å². The van der Waals surface area contributed by atoms with Crippen LogP contribution >= 0.6 is 0 Å². The normalized spacial score (nSPS) is 12.8. The molecule has 0 aliphatic carbocycles. The second kappa shape index (κ2) is 47.5. The van der Waals surface area contributed by atoms with Gasteiger partial charge in [0.2, 0.25) is 0 Å². The largest absolute Gasteiger partial charge is 0.465 e. The van der Waals surface area contributed by atoms with Crippen LogP contribution in [-0.2, 0) is 14.3 Å². The fourth-order valence-corrected chi connectivity index (χ4v) is 9.01. The maximum Gasteiger partial charge on any atom is 0.308 e. The molecule has 0 saturated carbocycles. The number of hydrogen-bond acceptors (Lipinski definition) is 5. The molecule has 2 atom stereocenters. The fourth-order valence-electron chi connectivity index (χ4n) is 9.01. The summed E-state index contributed by atoms with van der Waals surface area (Å²) in [6, 6.07) is 0. The van der Waals surface area contributed by atoms with Crippen LogP contribution in [0, 0.1) is 11.8 Å². The molecule has 0 aliphatic rings. The van der Waals surface area contributed by atoms with Crippen molar-refractivity contribution in [3.8, 4) is 0 Å². The van der Waals surface area contributed by atoms with E-state index >= 15 is 0 Å². The van der Waals surface area contributed by atoms with Crippen LogP contribution in [0.5, 0.6) is 0 Å². The zero-order valence-corrected chi connectivity index (χ0v) is 42.1. The van der Waals surface area contributed by atoms with Gasteiger partial charge in [-0.2, -0.15) is 0 Å². The predicted octanol–water partition coefficient (Wildman–Crippen LogP) is 16.9. The first kappa shape index (κ1) is 59.1. The second-order valence-electron chi connectivity index (χ2n) is 19.5. The molecule has 0 heterocycles. The molecule has 0 rings (SSSR count). The van der Waals surface area contributed by atoms with E-state index < -0.39 is 0 Å². The molecule has 0 saturated heterocycles. The van der Waals surface area contributed by atoms with Gasteiger partial charge in [0, 0.05) is 25.4 Å². The van der Waals surface area contributed by atoms with E-state index in [2.05, 4.69) is 51.6 Å². The Morgan fingerprint density at radius 1 is 0.367 bits per heavy atom. The number of Topliss-reactive ketones (excluding diaryl/α,β-unsaturated/α-hetero) is 1. The minimum absolute atomic E-state index is 0.0877. The molecular formula is C55H110N2O3. The Bertz CT molecular complexity index is 814. The van der Waals surface area contributed by atoms with E-state index in [-0.39, 0.29) is 11.9 Å². The van der Waals surface area contributed by atoms with Crippen molar-refractivity contribution in [1.29, 1.82) is 0 Å². The maximum atomic E-state index is 13.2. The van der Waals surface area contributed by atoms with Gasteiger partial charge in [0.15, 0.2) is 0 Å². The van der Waals surface area contributed by atoms with Crippen molar-refractivity contribution in [3.05, 3.63) is 0 Å². The van der Waals surface area contributed by atoms with Crippen LogP contribution in [0.15, 0.2) is 0 Å². The zero-order chi connectivity index (χ0) is 44.0. The Morgan fingerprint density at radius 2 is 0.700 bits per heavy atom. The third-order valence-corrected chi connectivity index (χ3v) is 13.3. The van der Waals surface area contributed by atoms with Crippen molar-refractivity contribution < 1.29 is 14.3 Å². The van der Waals surface area contributed by atoms with Gasteiger partial charge in [-0.05, 0) is 78.6 Å². The quantitative estimate of drug-likeness (QED) is 0.0451. The molecule has 2 unspecified atom stereocenters. The molecule has 0 aliphatic heterocycles. The molecule has 5 heteroatoms. The summed E-state index contributed by atoms with van der Waals surface area (Å²) in [7, 11) is 4.39. The summed E-state index contributed by atoms with van der Waals surface area (Å²) < 4.78 is 5.83. The number of carbonyl (C=O) groups is 2. The lowest BCUT2D eigenvalue weighted by atomic mass is 9.88. The summed E-state index contributed by atoms with van der Waals surface area (Å²) >= 11 is 0. The number of ether oxygens (including phenoxy) is 1. The molecule has 0 N–H and O–H groups in total. The Kier molecular flexibility index (Phi) is 46.8. The first-order chi connectivity index (χ1) is 29.4. The maximum absolute atomic E-state index is 13.2. The molecule has 358 valence electrons. The molecule has 60 heavy (non-hydrogen) atoms. The lowest BCUT2D eigenvalue weighted by molar-refractivity contribution is -0.149. The van der Waals surface area contributed by atoms with E-state index in [9.17, 15) is 9.59 Å². The number of carbonyl (C=O) groups excluding carboxylic acids is 2. The predicted molar refractivity (Wildman–Crippen MR) is 265 cm³/mol. The fraction of sp³-hybridized carbons (Fsp3) is 0.964. The Labute approximate surface area is 377 Å². The van der Waals surface area contributed by atoms with Gasteiger partial charge in [0.05, 0.1) is 12.5 Å². The van der Waals surface area contributed by atoms with Crippen LogP contribution in [0.4, 0.5) is 0 Å². The first-order valence-electron chi connectivity index (χ1n) is 27.5. The summed E-state index contributed by atoms with van der Waals surface area (Å²) in [5, 5.41) is 0. The van der Waals surface area contributed by atoms with Gasteiger partial charge in [-0.1, -0.05) is 227 Å². The van der Waals surface area contributed by atoms with E-state index in [0.717, 1.165) is 51.5 Å². The minimum Gasteiger partial charge on any atom is -0.465 e. The molecule has 0 fully saturated rings. The minimum atomic E-state index is 0.0877. The molecule has 0 radical (unpaired) electrons. The highest BCUT2D eigenvalue weighted by atomic mass is 16.5. The SMILES string of the molecule is CCCCCCCCC(CCCCCC)C(=O)CCCCCCCCCCN(CCCCCCCCCOC(=O)C(CCCCCC)CCCCCCCC)CCN(C)C. The average molecular weight is 847 g/mol. The molecule has 0 aromatic carbocycles. The van der Waals surface area contributed by atoms with E-state index in [0.29, 0.717) is 18.3 Å². The molecule has 0 bridgehead atoms. The van der Waals surface area contributed by atoms with E-state index in [1.165, 1.54) is 232 Å². The number of hydrogen-bond donors (Lipinski definition) is 0. The average Bonchev–Trinajstić information content (AvgIpc) is 3.24. The van der Waals surface area contributed by atoms with E-state index in [1.54, 1.807) is 0 Å². The highest BCUT2D eigenvalue weighted by molar-refractivity contribution is 5.80. The second-order valence-corrected chi connectivity index (χ2v) is 19.5. The smallest absolute Gasteiger partial charge is 0.308 e. The Hall–Kier alpha value is -0.940. The van der Waals surface area contributed by atoms with Gasteiger partial charge >= 0.3 is 5.97 Å². The van der Waals surface area contributed by atoms with Gasteiger partial charge in [0.1, 0.15) is 5.78 Å². The highest BCUT2D eigenvalue weighted by Crippen LogP contribution is 2.24. The summed E-state index contributed by atoms with van der Waals surface area (Å²) in [4.78, 5) is 31.2. The Morgan fingerprint density at radius 3 is 1.12 bits per heavy atom. The molecule has 0 aromatic heterocycles. The molecule has 0 amide bonds. The third kappa shape index (κ3) is 41.1. The third-order valence-electron chi connectivity index (χ3n) is 13.3. The van der Waals surface area contributed by atoms with Crippen molar-refractivity contribution in [2.75, 3.05) is 46.9 Å². The van der Waals surface area contributed by atoms with Crippen molar-refractivity contribution >= 4 is 11.8 Å². The van der Waals surface area contributed by atoms with Gasteiger partial charge in [-0.3, -0.25) is 9.59 Å². The van der Waals surface area contributed by atoms with E-state index in [4.69, 9.17) is 4.74 Å². The molecular weight excluding hydrogens is 737 g/mol. The van der Waals surface area contributed by atoms with Crippen molar-refractivity contribution in [1.82, 2.24) is 9.80 Å². The standard InChI is InChI=1S/C55H110N2O3/c1-7-11-15-19-28-36-43-52(42-34-17-13-9-3)54(58)46-38-30-24-21-22-25-31-39-47-57(50-49-56(5)6)48-40-32-26-23-27-33-41-51-60-55(59)53(44-35-18-14-10-4)45-37-29-20-16-12-8-2/h52-53H,7-51H2,1-6H3. The van der Waals surface area contributed by atoms with Crippen LogP contribution in [0.25, 0.3) is 0 Å². The zero-order valence-electron chi connectivity index (χ0n) is 42.1. The molecule has 5 nitrogen and oxygen atoms in total. The summed E-state index contributed by atoms with van der Waals surface area (Å²) in [6.07, 6.45) is 50.0. The van der Waals surface area contributed by atoms with Crippen molar-refractivity contribution in [2.45, 2.75) is 285 Å². The lowest BCUT2D eigenvalue weighted by Gasteiger charge is -2.24. The number of likely N-dealkylation sites (N-methyl/N-ethyl adjacent to an activating group) is 1. The molecule has 0 spiro atoms. The molecule has 0 aromatic rings. The number of unbranched alkanes of at least 4 members (excludes halogenated alkanes) is 29. The lowest BCUT2D eigenvalue weighted by Crippen LogP contribution is -2.33. The monoisotopic (exact) mass is 847 g/mol. The number of rotatable bonds is 50. The Balaban J connectivity index is 4.14. The van der Waals surface area contributed by atoms with Crippen molar-refractivity contribution in [2.24, 2.45) is 11.8 Å². The van der Waals surface area contributed by atoms with Crippen LogP contribution < -0.4 is 0 Å². The summed E-state index contributed by atoms with van der Waals surface area (Å²) in [5.41, 5.74) is 0. The van der Waals surface area contributed by atoms with Gasteiger partial charge in [0.25, 0.3) is 0 Å². The van der Waals surface area contributed by atoms with Crippen LogP contribution in [0.3, 0.4) is 0 Å². The van der Waals surface area contributed by atoms with Crippen LogP contribution in [-0.4, -0.2) is 68.4 Å². The van der Waals surface area contributed by atoms with Gasteiger partial charge in [-0.25, -0.2) is 0 Å². The van der Waals surface area contributed by atoms with Crippen LogP contribution in [0.1, 0.15) is 285 Å². The number of nitrogens with zero attached hydrogens (tertiary/aromatic N) is 2. The number of esters is 1. The first-order valence-corrected chi connectivity index (χ1v) is 27.5. The van der Waals surface area contributed by atoms with Crippen molar-refractivity contribution in [3.63, 3.8) is 0 Å². The summed E-state index contributed by atoms with van der Waals surface area (Å²) in [6.45, 7) is 14.5. The van der Waals surface area contributed by atoms with Crippen LogP contribution in [0.2, 0.25) is 0 Å². The number of ketones is 1. The van der Waals surface area contributed by atoms with Gasteiger partial charge < -0.3 is 14.5 Å². The highest BCUT2D eigenvalue weighted by Gasteiger charge is 2.20. The summed E-state index contributed by atoms with van der Waals surface area (Å²) in [5.74, 6) is 1.13. The van der Waals surface area contributed by atoms with E-state index in [1.807, 2.05) is 0 Å².